The van der Waals surface area contributed by atoms with Crippen molar-refractivity contribution >= 4 is 0 Å². The van der Waals surface area contributed by atoms with Crippen molar-refractivity contribution in [3.05, 3.63) is 0 Å². The summed E-state index contributed by atoms with van der Waals surface area (Å²) in [5.74, 6) is 2.09. The highest BCUT2D eigenvalue weighted by Crippen LogP contribution is 2.47. The molecule has 0 aromatic carbocycles. The maximum atomic E-state index is 3.59. The first-order valence-electron chi connectivity index (χ1n) is 6.95. The second-order valence-electron chi connectivity index (χ2n) is 6.06. The molecule has 0 aliphatic heterocycles. The first-order chi connectivity index (χ1) is 7.24. The van der Waals surface area contributed by atoms with Gasteiger partial charge in [0.2, 0.25) is 0 Å². The summed E-state index contributed by atoms with van der Waals surface area (Å²) >= 11 is 0. The maximum Gasteiger partial charge on any atom is 0.000770 e. The van der Waals surface area contributed by atoms with Crippen molar-refractivity contribution < 1.29 is 0 Å². The van der Waals surface area contributed by atoms with Crippen LogP contribution in [0.1, 0.15) is 58.8 Å². The average molecular weight is 209 g/mol. The summed E-state index contributed by atoms with van der Waals surface area (Å²) in [6, 6.07) is 0. The molecule has 3 atom stereocenters. The minimum atomic E-state index is 0.602. The zero-order valence-electron chi connectivity index (χ0n) is 10.5. The van der Waals surface area contributed by atoms with Crippen molar-refractivity contribution in [2.75, 3.05) is 13.1 Å². The van der Waals surface area contributed by atoms with Crippen LogP contribution in [-0.2, 0) is 0 Å². The molecule has 0 saturated heterocycles. The van der Waals surface area contributed by atoms with E-state index in [-0.39, 0.29) is 0 Å². The zero-order valence-corrected chi connectivity index (χ0v) is 10.5. The van der Waals surface area contributed by atoms with Crippen molar-refractivity contribution in [2.24, 2.45) is 17.3 Å². The quantitative estimate of drug-likeness (QED) is 0.749. The van der Waals surface area contributed by atoms with Gasteiger partial charge < -0.3 is 5.32 Å². The lowest BCUT2D eigenvalue weighted by Gasteiger charge is -2.40. The molecule has 0 spiro atoms. The van der Waals surface area contributed by atoms with E-state index in [0.717, 1.165) is 18.4 Å². The number of rotatable bonds is 3. The normalized spacial score (nSPS) is 41.2. The Bertz CT molecular complexity index is 198. The molecule has 2 saturated carbocycles. The second-order valence-corrected chi connectivity index (χ2v) is 6.06. The van der Waals surface area contributed by atoms with Gasteiger partial charge in [-0.1, -0.05) is 39.5 Å². The lowest BCUT2D eigenvalue weighted by Crippen LogP contribution is -2.38. The molecule has 0 aromatic heterocycles. The highest BCUT2D eigenvalue weighted by molar-refractivity contribution is 4.91. The summed E-state index contributed by atoms with van der Waals surface area (Å²) in [5.41, 5.74) is 0.602. The van der Waals surface area contributed by atoms with E-state index in [1.165, 1.54) is 51.5 Å². The van der Waals surface area contributed by atoms with Gasteiger partial charge in [0.25, 0.3) is 0 Å². The monoisotopic (exact) mass is 209 g/mol. The molecule has 2 fully saturated rings. The topological polar surface area (TPSA) is 12.0 Å². The van der Waals surface area contributed by atoms with Gasteiger partial charge in [-0.3, -0.25) is 0 Å². The molecular formula is C14H27N. The highest BCUT2D eigenvalue weighted by Gasteiger charge is 2.38. The van der Waals surface area contributed by atoms with Crippen LogP contribution in [0.4, 0.5) is 0 Å². The molecule has 15 heavy (non-hydrogen) atoms. The first kappa shape index (κ1) is 11.4. The Morgan fingerprint density at radius 2 is 2.00 bits per heavy atom. The van der Waals surface area contributed by atoms with Gasteiger partial charge in [0.05, 0.1) is 0 Å². The molecule has 2 rings (SSSR count). The fraction of sp³-hybridized carbons (Fsp3) is 1.00. The SMILES string of the molecule is CCNCC1(C)CCCC2CCCC1C2. The summed E-state index contributed by atoms with van der Waals surface area (Å²) in [4.78, 5) is 0. The second kappa shape index (κ2) is 4.86. The lowest BCUT2D eigenvalue weighted by molar-refractivity contribution is 0.121. The van der Waals surface area contributed by atoms with Crippen LogP contribution >= 0.6 is 0 Å². The summed E-state index contributed by atoms with van der Waals surface area (Å²) < 4.78 is 0. The van der Waals surface area contributed by atoms with Crippen LogP contribution in [0.25, 0.3) is 0 Å². The van der Waals surface area contributed by atoms with Crippen molar-refractivity contribution in [1.82, 2.24) is 5.32 Å². The van der Waals surface area contributed by atoms with Crippen LogP contribution in [0.15, 0.2) is 0 Å². The third kappa shape index (κ3) is 2.55. The number of fused-ring (bicyclic) bond motifs is 2. The van der Waals surface area contributed by atoms with Gasteiger partial charge in [0.1, 0.15) is 0 Å². The molecule has 2 aliphatic rings. The fourth-order valence-corrected chi connectivity index (χ4v) is 3.83. The molecular weight excluding hydrogens is 182 g/mol. The van der Waals surface area contributed by atoms with E-state index in [1.807, 2.05) is 0 Å². The third-order valence-corrected chi connectivity index (χ3v) is 4.91. The molecule has 1 heteroatoms. The van der Waals surface area contributed by atoms with Gasteiger partial charge in [-0.05, 0) is 43.1 Å². The van der Waals surface area contributed by atoms with E-state index >= 15 is 0 Å². The van der Waals surface area contributed by atoms with Crippen LogP contribution in [0, 0.1) is 17.3 Å². The predicted molar refractivity (Wildman–Crippen MR) is 65.9 cm³/mol. The predicted octanol–water partition coefficient (Wildman–Crippen LogP) is 3.59. The minimum absolute atomic E-state index is 0.602. The van der Waals surface area contributed by atoms with Crippen LogP contribution in [0.2, 0.25) is 0 Å². The molecule has 1 nitrogen and oxygen atoms in total. The summed E-state index contributed by atoms with van der Waals surface area (Å²) in [6.45, 7) is 7.14. The Labute approximate surface area is 95.0 Å². The van der Waals surface area contributed by atoms with E-state index in [9.17, 15) is 0 Å². The zero-order chi connectivity index (χ0) is 10.7. The van der Waals surface area contributed by atoms with E-state index in [1.54, 1.807) is 0 Å². The van der Waals surface area contributed by atoms with Crippen molar-refractivity contribution in [3.63, 3.8) is 0 Å². The van der Waals surface area contributed by atoms with Crippen molar-refractivity contribution in [3.8, 4) is 0 Å². The van der Waals surface area contributed by atoms with Crippen molar-refractivity contribution in [1.29, 1.82) is 0 Å². The summed E-state index contributed by atoms with van der Waals surface area (Å²) in [6.07, 6.45) is 10.5. The molecule has 0 amide bonds. The lowest BCUT2D eigenvalue weighted by atomic mass is 9.68. The third-order valence-electron chi connectivity index (χ3n) is 4.91. The standard InChI is InChI=1S/C14H27N/c1-3-15-11-14(2)9-5-7-12-6-4-8-13(14)10-12/h12-13,15H,3-11H2,1-2H3. The maximum absolute atomic E-state index is 3.59. The largest absolute Gasteiger partial charge is 0.316 e. The molecule has 0 aromatic rings. The molecule has 2 bridgehead atoms. The van der Waals surface area contributed by atoms with Gasteiger partial charge in [0.15, 0.2) is 0 Å². The Balaban J connectivity index is 2.02. The van der Waals surface area contributed by atoms with Crippen LogP contribution in [-0.4, -0.2) is 13.1 Å². The fourth-order valence-electron chi connectivity index (χ4n) is 3.83. The molecule has 0 radical (unpaired) electrons. The van der Waals surface area contributed by atoms with E-state index in [0.29, 0.717) is 5.41 Å². The Kier molecular flexibility index (Phi) is 3.71. The van der Waals surface area contributed by atoms with Crippen LogP contribution < -0.4 is 5.32 Å². The Morgan fingerprint density at radius 3 is 2.80 bits per heavy atom. The summed E-state index contributed by atoms with van der Waals surface area (Å²) in [5, 5.41) is 3.59. The molecule has 1 N–H and O–H groups in total. The highest BCUT2D eigenvalue weighted by atomic mass is 14.9. The molecule has 3 unspecified atom stereocenters. The number of hydrogen-bond donors (Lipinski definition) is 1. The number of nitrogens with one attached hydrogen (secondary N) is 1. The van der Waals surface area contributed by atoms with E-state index in [2.05, 4.69) is 19.2 Å². The van der Waals surface area contributed by atoms with Gasteiger partial charge in [0, 0.05) is 6.54 Å². The Hall–Kier alpha value is -0.0400. The van der Waals surface area contributed by atoms with Gasteiger partial charge in [-0.25, -0.2) is 0 Å². The number of hydrogen-bond acceptors (Lipinski definition) is 1. The van der Waals surface area contributed by atoms with Gasteiger partial charge >= 0.3 is 0 Å². The smallest absolute Gasteiger partial charge is 0.000770 e. The van der Waals surface area contributed by atoms with Crippen molar-refractivity contribution in [2.45, 2.75) is 58.8 Å². The van der Waals surface area contributed by atoms with Crippen LogP contribution in [0.3, 0.4) is 0 Å². The van der Waals surface area contributed by atoms with Gasteiger partial charge in [-0.2, -0.15) is 0 Å². The Morgan fingerprint density at radius 1 is 1.20 bits per heavy atom. The molecule has 0 heterocycles. The van der Waals surface area contributed by atoms with E-state index < -0.39 is 0 Å². The van der Waals surface area contributed by atoms with E-state index in [4.69, 9.17) is 0 Å². The molecule has 2 aliphatic carbocycles. The van der Waals surface area contributed by atoms with Gasteiger partial charge in [-0.15, -0.1) is 0 Å². The first-order valence-corrected chi connectivity index (χ1v) is 6.95. The minimum Gasteiger partial charge on any atom is -0.316 e. The van der Waals surface area contributed by atoms with Crippen LogP contribution in [0.5, 0.6) is 0 Å². The average Bonchev–Trinajstić information content (AvgIpc) is 2.36. The summed E-state index contributed by atoms with van der Waals surface area (Å²) in [7, 11) is 0. The molecule has 88 valence electrons.